The van der Waals surface area contributed by atoms with E-state index in [0.717, 1.165) is 24.5 Å². The van der Waals surface area contributed by atoms with Gasteiger partial charge in [-0.05, 0) is 32.8 Å². The number of hydrogen-bond acceptors (Lipinski definition) is 3. The number of aromatic nitrogens is 1. The molecule has 1 N–H and O–H groups in total. The Labute approximate surface area is 115 Å². The summed E-state index contributed by atoms with van der Waals surface area (Å²) in [5, 5.41) is 3.33. The van der Waals surface area contributed by atoms with Crippen LogP contribution in [0.5, 0.6) is 0 Å². The van der Waals surface area contributed by atoms with E-state index in [9.17, 15) is 4.79 Å². The van der Waals surface area contributed by atoms with Gasteiger partial charge < -0.3 is 14.8 Å². The van der Waals surface area contributed by atoms with Gasteiger partial charge in [-0.25, -0.2) is 0 Å². The van der Waals surface area contributed by atoms with Gasteiger partial charge in [0.1, 0.15) is 0 Å². The van der Waals surface area contributed by atoms with Gasteiger partial charge >= 0.3 is 0 Å². The van der Waals surface area contributed by atoms with Crippen molar-refractivity contribution in [3.8, 4) is 0 Å². The standard InChI is InChI=1S/C15H23N3O/c1-12(2)16-14-10-15(13(3)19)18(11-14)9-8-17-6-4-5-7-17/h8-12,16H,4-7H2,1-3H3/b9-8-. The predicted octanol–water partition coefficient (Wildman–Crippen LogP) is 3.04. The number of likely N-dealkylation sites (tertiary alicyclic amines) is 1. The quantitative estimate of drug-likeness (QED) is 0.828. The number of carbonyl (C=O) groups excluding carboxylic acids is 1. The van der Waals surface area contributed by atoms with E-state index in [1.165, 1.54) is 12.8 Å². The van der Waals surface area contributed by atoms with Gasteiger partial charge in [0.2, 0.25) is 0 Å². The number of nitrogens with one attached hydrogen (secondary N) is 1. The third-order valence-corrected chi connectivity index (χ3v) is 3.24. The molecule has 0 atom stereocenters. The van der Waals surface area contributed by atoms with Crippen LogP contribution < -0.4 is 5.32 Å². The molecular formula is C15H23N3O. The van der Waals surface area contributed by atoms with Gasteiger partial charge in [-0.3, -0.25) is 4.79 Å². The molecule has 0 aliphatic carbocycles. The van der Waals surface area contributed by atoms with E-state index >= 15 is 0 Å². The van der Waals surface area contributed by atoms with Crippen LogP contribution in [0.2, 0.25) is 0 Å². The highest BCUT2D eigenvalue weighted by molar-refractivity contribution is 5.94. The summed E-state index contributed by atoms with van der Waals surface area (Å²) in [6, 6.07) is 2.27. The number of nitrogens with zero attached hydrogens (tertiary/aromatic N) is 2. The average Bonchev–Trinajstić information content (AvgIpc) is 2.94. The first kappa shape index (κ1) is 13.7. The lowest BCUT2D eigenvalue weighted by molar-refractivity contribution is 0.101. The Bertz CT molecular complexity index is 468. The van der Waals surface area contributed by atoms with Crippen molar-refractivity contribution in [1.82, 2.24) is 9.47 Å². The van der Waals surface area contributed by atoms with Gasteiger partial charge in [-0.2, -0.15) is 0 Å². The summed E-state index contributed by atoms with van der Waals surface area (Å²) >= 11 is 0. The van der Waals surface area contributed by atoms with Crippen molar-refractivity contribution in [1.29, 1.82) is 0 Å². The summed E-state index contributed by atoms with van der Waals surface area (Å²) in [4.78, 5) is 14.0. The molecule has 1 aromatic rings. The number of hydrogen-bond donors (Lipinski definition) is 1. The number of anilines is 1. The number of ketones is 1. The molecule has 104 valence electrons. The number of rotatable bonds is 5. The van der Waals surface area contributed by atoms with Gasteiger partial charge in [0.25, 0.3) is 0 Å². The smallest absolute Gasteiger partial charge is 0.176 e. The molecule has 0 bridgehead atoms. The zero-order chi connectivity index (χ0) is 13.8. The fraction of sp³-hybridized carbons (Fsp3) is 0.533. The molecular weight excluding hydrogens is 238 g/mol. The second-order valence-electron chi connectivity index (χ2n) is 5.42. The fourth-order valence-electron chi connectivity index (χ4n) is 2.35. The molecule has 0 amide bonds. The van der Waals surface area contributed by atoms with E-state index < -0.39 is 0 Å². The van der Waals surface area contributed by atoms with E-state index in [1.54, 1.807) is 6.92 Å². The summed E-state index contributed by atoms with van der Waals surface area (Å²) in [5.41, 5.74) is 1.71. The SMILES string of the molecule is CC(=O)c1cc(NC(C)C)cn1/C=C\N1CCCC1. The molecule has 2 heterocycles. The first-order valence-electron chi connectivity index (χ1n) is 6.98. The van der Waals surface area contributed by atoms with Gasteiger partial charge in [0, 0.05) is 44.7 Å². The zero-order valence-electron chi connectivity index (χ0n) is 12.0. The largest absolute Gasteiger partial charge is 0.382 e. The third-order valence-electron chi connectivity index (χ3n) is 3.24. The maximum Gasteiger partial charge on any atom is 0.176 e. The number of Topliss-reactive ketones (excluding diaryl/α,β-unsaturated/α-hetero) is 1. The maximum atomic E-state index is 11.7. The van der Waals surface area contributed by atoms with Crippen LogP contribution >= 0.6 is 0 Å². The molecule has 0 radical (unpaired) electrons. The molecule has 1 aliphatic heterocycles. The summed E-state index contributed by atoms with van der Waals surface area (Å²) in [5.74, 6) is 0.0860. The second kappa shape index (κ2) is 5.95. The van der Waals surface area contributed by atoms with Crippen molar-refractivity contribution >= 4 is 17.7 Å². The Morgan fingerprint density at radius 1 is 1.32 bits per heavy atom. The Hall–Kier alpha value is -1.71. The lowest BCUT2D eigenvalue weighted by Crippen LogP contribution is -2.11. The van der Waals surface area contributed by atoms with E-state index in [-0.39, 0.29) is 5.78 Å². The molecule has 0 unspecified atom stereocenters. The molecule has 0 aromatic carbocycles. The van der Waals surface area contributed by atoms with Gasteiger partial charge in [-0.15, -0.1) is 0 Å². The monoisotopic (exact) mass is 261 g/mol. The van der Waals surface area contributed by atoms with Gasteiger partial charge in [0.05, 0.1) is 11.4 Å². The van der Waals surface area contributed by atoms with E-state index in [2.05, 4.69) is 30.3 Å². The molecule has 4 nitrogen and oxygen atoms in total. The lowest BCUT2D eigenvalue weighted by Gasteiger charge is -2.10. The Morgan fingerprint density at radius 2 is 2.00 bits per heavy atom. The van der Waals surface area contributed by atoms with Crippen LogP contribution in [0.25, 0.3) is 6.20 Å². The highest BCUT2D eigenvalue weighted by atomic mass is 16.1. The van der Waals surface area contributed by atoms with Crippen LogP contribution in [0.15, 0.2) is 18.5 Å². The molecule has 0 spiro atoms. The molecule has 1 saturated heterocycles. The third kappa shape index (κ3) is 3.63. The predicted molar refractivity (Wildman–Crippen MR) is 79.3 cm³/mol. The van der Waals surface area contributed by atoms with Crippen molar-refractivity contribution in [2.24, 2.45) is 0 Å². The van der Waals surface area contributed by atoms with Gasteiger partial charge in [-0.1, -0.05) is 0 Å². The minimum absolute atomic E-state index is 0.0860. The van der Waals surface area contributed by atoms with E-state index in [1.807, 2.05) is 23.0 Å². The molecule has 4 heteroatoms. The number of carbonyl (C=O) groups is 1. The Morgan fingerprint density at radius 3 is 2.58 bits per heavy atom. The van der Waals surface area contributed by atoms with Crippen LogP contribution in [0.4, 0.5) is 5.69 Å². The van der Waals surface area contributed by atoms with Crippen molar-refractivity contribution in [2.45, 2.75) is 39.7 Å². The zero-order valence-corrected chi connectivity index (χ0v) is 12.0. The second-order valence-corrected chi connectivity index (χ2v) is 5.42. The molecule has 1 aliphatic rings. The molecule has 0 saturated carbocycles. The molecule has 2 rings (SSSR count). The van der Waals surface area contributed by atoms with Crippen molar-refractivity contribution < 1.29 is 4.79 Å². The Kier molecular flexibility index (Phi) is 4.30. The molecule has 1 fully saturated rings. The summed E-state index contributed by atoms with van der Waals surface area (Å²) < 4.78 is 1.91. The first-order chi connectivity index (χ1) is 9.06. The van der Waals surface area contributed by atoms with Crippen molar-refractivity contribution in [2.75, 3.05) is 18.4 Å². The molecule has 19 heavy (non-hydrogen) atoms. The normalized spacial score (nSPS) is 15.7. The average molecular weight is 261 g/mol. The minimum Gasteiger partial charge on any atom is -0.382 e. The fourth-order valence-corrected chi connectivity index (χ4v) is 2.35. The maximum absolute atomic E-state index is 11.7. The van der Waals surface area contributed by atoms with Crippen molar-refractivity contribution in [3.63, 3.8) is 0 Å². The highest BCUT2D eigenvalue weighted by Crippen LogP contribution is 2.17. The van der Waals surface area contributed by atoms with Crippen molar-refractivity contribution in [3.05, 3.63) is 24.2 Å². The summed E-state index contributed by atoms with van der Waals surface area (Å²) in [7, 11) is 0. The summed E-state index contributed by atoms with van der Waals surface area (Å²) in [6.45, 7) is 8.01. The lowest BCUT2D eigenvalue weighted by atomic mass is 10.3. The van der Waals surface area contributed by atoms with E-state index in [4.69, 9.17) is 0 Å². The highest BCUT2D eigenvalue weighted by Gasteiger charge is 2.10. The molecule has 1 aromatic heterocycles. The van der Waals surface area contributed by atoms with Crippen LogP contribution in [0.1, 0.15) is 44.1 Å². The van der Waals surface area contributed by atoms with E-state index in [0.29, 0.717) is 6.04 Å². The topological polar surface area (TPSA) is 37.3 Å². The minimum atomic E-state index is 0.0860. The first-order valence-corrected chi connectivity index (χ1v) is 6.98. The van der Waals surface area contributed by atoms with Crippen LogP contribution in [0, 0.1) is 0 Å². The summed E-state index contributed by atoms with van der Waals surface area (Å²) in [6.07, 6.45) is 8.56. The Balaban J connectivity index is 2.16. The van der Waals surface area contributed by atoms with Crippen LogP contribution in [-0.2, 0) is 0 Å². The van der Waals surface area contributed by atoms with Crippen LogP contribution in [0.3, 0.4) is 0 Å². The van der Waals surface area contributed by atoms with Gasteiger partial charge in [0.15, 0.2) is 5.78 Å². The van der Waals surface area contributed by atoms with Crippen LogP contribution in [-0.4, -0.2) is 34.4 Å².